The van der Waals surface area contributed by atoms with Crippen LogP contribution in [-0.4, -0.2) is 36.8 Å². The number of fused-ring (bicyclic) bond motifs is 1. The molecule has 0 fully saturated rings. The van der Waals surface area contributed by atoms with Crippen molar-refractivity contribution in [1.82, 2.24) is 18.7 Å². The number of imidazole rings is 1. The number of hydrogen-bond acceptors (Lipinski definition) is 6. The van der Waals surface area contributed by atoms with Gasteiger partial charge in [-0.05, 0) is 25.5 Å². The molecule has 0 bridgehead atoms. The number of rotatable bonds is 7. The fourth-order valence-electron chi connectivity index (χ4n) is 2.99. The summed E-state index contributed by atoms with van der Waals surface area (Å²) in [5.74, 6) is -0.475. The standard InChI is InChI=1S/C18H19F3N4O5/c1-3-24-14-13(15(27)25(17(24)28)8-5-9-26)23(2)16(22-14)29-11-6-4-7-12(10-11)30-18(19,20)21/h4,6-7,10,26H,3,5,8-9H2,1-2H3. The summed E-state index contributed by atoms with van der Waals surface area (Å²) in [5.41, 5.74) is -0.999. The molecule has 2 aromatic heterocycles. The molecular weight excluding hydrogens is 409 g/mol. The molecule has 1 N–H and O–H groups in total. The van der Waals surface area contributed by atoms with E-state index in [1.165, 1.54) is 28.3 Å². The van der Waals surface area contributed by atoms with Crippen LogP contribution >= 0.6 is 0 Å². The van der Waals surface area contributed by atoms with E-state index >= 15 is 0 Å². The number of aryl methyl sites for hydroxylation is 2. The van der Waals surface area contributed by atoms with E-state index in [0.29, 0.717) is 0 Å². The zero-order valence-electron chi connectivity index (χ0n) is 16.1. The van der Waals surface area contributed by atoms with Crippen LogP contribution in [0.3, 0.4) is 0 Å². The van der Waals surface area contributed by atoms with Crippen LogP contribution in [0.15, 0.2) is 33.9 Å². The molecule has 30 heavy (non-hydrogen) atoms. The molecule has 0 amide bonds. The Hall–Kier alpha value is -3.28. The van der Waals surface area contributed by atoms with Crippen LogP contribution in [0.4, 0.5) is 13.2 Å². The van der Waals surface area contributed by atoms with Crippen molar-refractivity contribution in [3.63, 3.8) is 0 Å². The Bertz CT molecular complexity index is 1180. The molecule has 3 aromatic rings. The monoisotopic (exact) mass is 428 g/mol. The lowest BCUT2D eigenvalue weighted by Gasteiger charge is -2.10. The van der Waals surface area contributed by atoms with Gasteiger partial charge in [0.05, 0.1) is 0 Å². The Morgan fingerprint density at radius 1 is 1.17 bits per heavy atom. The summed E-state index contributed by atoms with van der Waals surface area (Å²) in [6, 6.07) is 4.76. The molecule has 0 spiro atoms. The van der Waals surface area contributed by atoms with Crippen LogP contribution < -0.4 is 20.7 Å². The van der Waals surface area contributed by atoms with Crippen molar-refractivity contribution in [2.75, 3.05) is 6.61 Å². The quantitative estimate of drug-likeness (QED) is 0.618. The van der Waals surface area contributed by atoms with Crippen molar-refractivity contribution in [2.45, 2.75) is 32.8 Å². The van der Waals surface area contributed by atoms with Crippen LogP contribution in [0.1, 0.15) is 13.3 Å². The summed E-state index contributed by atoms with van der Waals surface area (Å²) < 4.78 is 50.3. The largest absolute Gasteiger partial charge is 0.573 e. The SMILES string of the molecule is CCn1c(=O)n(CCCO)c(=O)c2c1nc(Oc1cccc(OC(F)(F)F)c1)n2C. The van der Waals surface area contributed by atoms with Crippen LogP contribution in [0.25, 0.3) is 11.2 Å². The fourth-order valence-corrected chi connectivity index (χ4v) is 2.99. The van der Waals surface area contributed by atoms with Crippen molar-refractivity contribution < 1.29 is 27.8 Å². The first-order valence-electron chi connectivity index (χ1n) is 9.00. The minimum Gasteiger partial charge on any atom is -0.425 e. The number of aliphatic hydroxyl groups is 1. The van der Waals surface area contributed by atoms with E-state index in [1.807, 2.05) is 0 Å². The van der Waals surface area contributed by atoms with E-state index in [-0.39, 0.29) is 49.0 Å². The summed E-state index contributed by atoms with van der Waals surface area (Å²) in [4.78, 5) is 29.7. The van der Waals surface area contributed by atoms with E-state index in [4.69, 9.17) is 9.84 Å². The van der Waals surface area contributed by atoms with Crippen LogP contribution in [0, 0.1) is 0 Å². The van der Waals surface area contributed by atoms with Gasteiger partial charge in [-0.25, -0.2) is 4.79 Å². The van der Waals surface area contributed by atoms with Gasteiger partial charge in [-0.3, -0.25) is 18.5 Å². The second-order valence-corrected chi connectivity index (χ2v) is 6.31. The number of aromatic nitrogens is 4. The van der Waals surface area contributed by atoms with Gasteiger partial charge in [0.15, 0.2) is 11.2 Å². The van der Waals surface area contributed by atoms with E-state index in [0.717, 1.165) is 16.7 Å². The number of benzene rings is 1. The van der Waals surface area contributed by atoms with Gasteiger partial charge in [0, 0.05) is 32.8 Å². The third kappa shape index (κ3) is 4.17. The minimum absolute atomic E-state index is 0.00107. The van der Waals surface area contributed by atoms with Crippen molar-refractivity contribution in [3.8, 4) is 17.5 Å². The summed E-state index contributed by atoms with van der Waals surface area (Å²) in [6.45, 7) is 1.77. The molecule has 1 aromatic carbocycles. The van der Waals surface area contributed by atoms with Crippen LogP contribution in [0.5, 0.6) is 17.5 Å². The number of halogens is 3. The predicted molar refractivity (Wildman–Crippen MR) is 99.8 cm³/mol. The molecule has 3 rings (SSSR count). The Morgan fingerprint density at radius 2 is 1.87 bits per heavy atom. The molecule has 12 heteroatoms. The first kappa shape index (κ1) is 21.4. The Morgan fingerprint density at radius 3 is 2.50 bits per heavy atom. The van der Waals surface area contributed by atoms with E-state index in [1.54, 1.807) is 6.92 Å². The summed E-state index contributed by atoms with van der Waals surface area (Å²) in [5, 5.41) is 9.02. The second kappa shape index (κ2) is 8.22. The number of aliphatic hydroxyl groups excluding tert-OH is 1. The maximum atomic E-state index is 12.8. The summed E-state index contributed by atoms with van der Waals surface area (Å²) in [7, 11) is 1.49. The van der Waals surface area contributed by atoms with Crippen molar-refractivity contribution in [1.29, 1.82) is 0 Å². The maximum Gasteiger partial charge on any atom is 0.573 e. The predicted octanol–water partition coefficient (Wildman–Crippen LogP) is 1.99. The molecule has 0 aliphatic carbocycles. The Kier molecular flexibility index (Phi) is 5.87. The lowest BCUT2D eigenvalue weighted by Crippen LogP contribution is -2.40. The van der Waals surface area contributed by atoms with Gasteiger partial charge in [0.1, 0.15) is 11.5 Å². The smallest absolute Gasteiger partial charge is 0.425 e. The van der Waals surface area contributed by atoms with Gasteiger partial charge in [-0.15, -0.1) is 13.2 Å². The highest BCUT2D eigenvalue weighted by molar-refractivity contribution is 5.72. The first-order valence-corrected chi connectivity index (χ1v) is 9.00. The van der Waals surface area contributed by atoms with E-state index in [2.05, 4.69) is 9.72 Å². The van der Waals surface area contributed by atoms with Gasteiger partial charge in [0.2, 0.25) is 0 Å². The molecule has 0 saturated carbocycles. The molecule has 9 nitrogen and oxygen atoms in total. The van der Waals surface area contributed by atoms with E-state index < -0.39 is 23.4 Å². The highest BCUT2D eigenvalue weighted by atomic mass is 19.4. The number of alkyl halides is 3. The lowest BCUT2D eigenvalue weighted by molar-refractivity contribution is -0.274. The maximum absolute atomic E-state index is 12.8. The van der Waals surface area contributed by atoms with E-state index in [9.17, 15) is 22.8 Å². The molecule has 2 heterocycles. The average molecular weight is 428 g/mol. The molecule has 0 aliphatic heterocycles. The second-order valence-electron chi connectivity index (χ2n) is 6.31. The van der Waals surface area contributed by atoms with Crippen molar-refractivity contribution in [3.05, 3.63) is 45.1 Å². The summed E-state index contributed by atoms with van der Waals surface area (Å²) in [6.07, 6.45) is -4.63. The van der Waals surface area contributed by atoms with Crippen LogP contribution in [-0.2, 0) is 20.1 Å². The number of nitrogens with zero attached hydrogens (tertiary/aromatic N) is 4. The Balaban J connectivity index is 2.08. The highest BCUT2D eigenvalue weighted by Gasteiger charge is 2.31. The number of hydrogen-bond donors (Lipinski definition) is 1. The number of ether oxygens (including phenoxy) is 2. The van der Waals surface area contributed by atoms with Gasteiger partial charge < -0.3 is 14.6 Å². The molecule has 0 radical (unpaired) electrons. The molecule has 0 atom stereocenters. The molecule has 162 valence electrons. The van der Waals surface area contributed by atoms with Gasteiger partial charge in [-0.1, -0.05) is 6.07 Å². The zero-order valence-corrected chi connectivity index (χ0v) is 16.1. The molecule has 0 aliphatic rings. The Labute approximate surface area is 167 Å². The third-order valence-corrected chi connectivity index (χ3v) is 4.31. The topological polar surface area (TPSA) is 101 Å². The zero-order chi connectivity index (χ0) is 22.1. The van der Waals surface area contributed by atoms with Crippen molar-refractivity contribution >= 4 is 11.2 Å². The third-order valence-electron chi connectivity index (χ3n) is 4.31. The average Bonchev–Trinajstić information content (AvgIpc) is 2.97. The molecular formula is C18H19F3N4O5. The van der Waals surface area contributed by atoms with Crippen LogP contribution in [0.2, 0.25) is 0 Å². The van der Waals surface area contributed by atoms with Gasteiger partial charge in [0.25, 0.3) is 5.56 Å². The lowest BCUT2D eigenvalue weighted by atomic mass is 10.3. The first-order chi connectivity index (χ1) is 14.2. The molecule has 0 saturated heterocycles. The summed E-state index contributed by atoms with van der Waals surface area (Å²) >= 11 is 0. The molecule has 0 unspecified atom stereocenters. The van der Waals surface area contributed by atoms with Crippen molar-refractivity contribution in [2.24, 2.45) is 7.05 Å². The minimum atomic E-state index is -4.85. The normalized spacial score (nSPS) is 11.8. The fraction of sp³-hybridized carbons (Fsp3) is 0.389. The highest BCUT2D eigenvalue weighted by Crippen LogP contribution is 2.29. The van der Waals surface area contributed by atoms with Gasteiger partial charge >= 0.3 is 18.1 Å². The van der Waals surface area contributed by atoms with Gasteiger partial charge in [-0.2, -0.15) is 4.98 Å².